The van der Waals surface area contributed by atoms with Crippen LogP contribution in [0.1, 0.15) is 18.1 Å². The first-order chi connectivity index (χ1) is 9.36. The minimum atomic E-state index is -3.52. The molecule has 0 bridgehead atoms. The maximum absolute atomic E-state index is 12.8. The summed E-state index contributed by atoms with van der Waals surface area (Å²) in [5.74, 6) is 0.816. The van der Waals surface area contributed by atoms with Crippen molar-refractivity contribution in [3.8, 4) is 0 Å². The van der Waals surface area contributed by atoms with Gasteiger partial charge in [-0.15, -0.1) is 0 Å². The Hall–Kier alpha value is -0.0800. The van der Waals surface area contributed by atoms with Gasteiger partial charge in [-0.1, -0.05) is 13.0 Å². The molecule has 1 saturated heterocycles. The van der Waals surface area contributed by atoms with Gasteiger partial charge in [-0.2, -0.15) is 16.1 Å². The molecule has 1 aromatic rings. The Kier molecular flexibility index (Phi) is 5.18. The topological polar surface area (TPSA) is 57.6 Å². The first-order valence-electron chi connectivity index (χ1n) is 6.38. The van der Waals surface area contributed by atoms with Crippen molar-refractivity contribution in [2.24, 2.45) is 0 Å². The SMILES string of the molecule is Cc1cc(CO)cc(S(=O)(=O)N2CCSC(C)C2)c1Br. The Morgan fingerprint density at radius 2 is 2.20 bits per heavy atom. The molecule has 1 atom stereocenters. The predicted octanol–water partition coefficient (Wildman–Crippen LogP) is 2.38. The Labute approximate surface area is 132 Å². The molecule has 2 rings (SSSR count). The number of nitrogens with zero attached hydrogens (tertiary/aromatic N) is 1. The quantitative estimate of drug-likeness (QED) is 0.875. The van der Waals surface area contributed by atoms with Crippen LogP contribution in [0.15, 0.2) is 21.5 Å². The lowest BCUT2D eigenvalue weighted by molar-refractivity contribution is 0.281. The molecule has 1 aromatic carbocycles. The van der Waals surface area contributed by atoms with Crippen LogP contribution in [0.25, 0.3) is 0 Å². The van der Waals surface area contributed by atoms with Crippen molar-refractivity contribution >= 4 is 37.7 Å². The predicted molar refractivity (Wildman–Crippen MR) is 85.5 cm³/mol. The van der Waals surface area contributed by atoms with Crippen molar-refractivity contribution in [1.82, 2.24) is 4.31 Å². The highest BCUT2D eigenvalue weighted by Crippen LogP contribution is 2.31. The van der Waals surface area contributed by atoms with Crippen LogP contribution < -0.4 is 0 Å². The molecule has 0 spiro atoms. The number of hydrogen-bond acceptors (Lipinski definition) is 4. The third-order valence-corrected chi connectivity index (χ3v) is 7.63. The second kappa shape index (κ2) is 6.36. The lowest BCUT2D eigenvalue weighted by Crippen LogP contribution is -2.41. The van der Waals surface area contributed by atoms with Crippen LogP contribution in [0, 0.1) is 6.92 Å². The average molecular weight is 380 g/mol. The number of rotatable bonds is 3. The van der Waals surface area contributed by atoms with Crippen LogP contribution in [0.3, 0.4) is 0 Å². The molecular formula is C13H18BrNO3S2. The molecule has 7 heteroatoms. The number of aliphatic hydroxyl groups is 1. The zero-order valence-electron chi connectivity index (χ0n) is 11.5. The van der Waals surface area contributed by atoms with E-state index in [1.54, 1.807) is 23.9 Å². The summed E-state index contributed by atoms with van der Waals surface area (Å²) in [5.41, 5.74) is 1.43. The molecule has 1 N–H and O–H groups in total. The van der Waals surface area contributed by atoms with E-state index in [2.05, 4.69) is 15.9 Å². The molecule has 112 valence electrons. The summed E-state index contributed by atoms with van der Waals surface area (Å²) in [7, 11) is -3.52. The molecule has 0 aliphatic carbocycles. The maximum atomic E-state index is 12.8. The summed E-state index contributed by atoms with van der Waals surface area (Å²) in [6.45, 7) is 4.77. The molecule has 0 radical (unpaired) electrons. The normalized spacial score (nSPS) is 21.1. The fourth-order valence-electron chi connectivity index (χ4n) is 2.23. The van der Waals surface area contributed by atoms with Gasteiger partial charge in [-0.05, 0) is 40.0 Å². The second-order valence-corrected chi connectivity index (χ2v) is 9.17. The zero-order valence-corrected chi connectivity index (χ0v) is 14.7. The van der Waals surface area contributed by atoms with Gasteiger partial charge >= 0.3 is 0 Å². The summed E-state index contributed by atoms with van der Waals surface area (Å²) in [6.07, 6.45) is 0. The highest BCUT2D eigenvalue weighted by Gasteiger charge is 2.31. The van der Waals surface area contributed by atoms with Gasteiger partial charge in [0.2, 0.25) is 10.0 Å². The van der Waals surface area contributed by atoms with E-state index >= 15 is 0 Å². The molecule has 1 heterocycles. The zero-order chi connectivity index (χ0) is 14.9. The van der Waals surface area contributed by atoms with Gasteiger partial charge in [0.1, 0.15) is 0 Å². The van der Waals surface area contributed by atoms with Crippen molar-refractivity contribution in [2.45, 2.75) is 30.6 Å². The van der Waals surface area contributed by atoms with Crippen LogP contribution in [0.5, 0.6) is 0 Å². The van der Waals surface area contributed by atoms with Gasteiger partial charge in [-0.25, -0.2) is 8.42 Å². The van der Waals surface area contributed by atoms with Crippen molar-refractivity contribution in [3.05, 3.63) is 27.7 Å². The number of halogens is 1. The van der Waals surface area contributed by atoms with Crippen molar-refractivity contribution in [3.63, 3.8) is 0 Å². The van der Waals surface area contributed by atoms with Gasteiger partial charge in [0.15, 0.2) is 0 Å². The van der Waals surface area contributed by atoms with E-state index in [1.165, 1.54) is 4.31 Å². The Morgan fingerprint density at radius 3 is 2.80 bits per heavy atom. The molecule has 0 saturated carbocycles. The van der Waals surface area contributed by atoms with Gasteiger partial charge in [0, 0.05) is 28.6 Å². The van der Waals surface area contributed by atoms with Crippen LogP contribution >= 0.6 is 27.7 Å². The third kappa shape index (κ3) is 3.22. The minimum Gasteiger partial charge on any atom is -0.392 e. The van der Waals surface area contributed by atoms with E-state index in [0.717, 1.165) is 11.3 Å². The molecule has 1 aliphatic rings. The highest BCUT2D eigenvalue weighted by atomic mass is 79.9. The number of sulfonamides is 1. The smallest absolute Gasteiger partial charge is 0.244 e. The summed E-state index contributed by atoms with van der Waals surface area (Å²) in [6, 6.07) is 3.34. The Morgan fingerprint density at radius 1 is 1.50 bits per heavy atom. The van der Waals surface area contributed by atoms with Crippen LogP contribution in [-0.2, 0) is 16.6 Å². The van der Waals surface area contributed by atoms with E-state index in [1.807, 2.05) is 13.8 Å². The summed E-state index contributed by atoms with van der Waals surface area (Å²) >= 11 is 5.16. The molecule has 1 unspecified atom stereocenters. The molecular weight excluding hydrogens is 362 g/mol. The first kappa shape index (κ1) is 16.3. The number of thioether (sulfide) groups is 1. The highest BCUT2D eigenvalue weighted by molar-refractivity contribution is 9.10. The molecule has 1 aliphatic heterocycles. The van der Waals surface area contributed by atoms with Gasteiger partial charge in [-0.3, -0.25) is 0 Å². The number of aryl methyl sites for hydroxylation is 1. The van der Waals surface area contributed by atoms with E-state index in [9.17, 15) is 13.5 Å². The molecule has 1 fully saturated rings. The van der Waals surface area contributed by atoms with Gasteiger partial charge in [0.05, 0.1) is 11.5 Å². The standard InChI is InChI=1S/C13H18BrNO3S2/c1-9-5-11(8-16)6-12(13(9)14)20(17,18)15-3-4-19-10(2)7-15/h5-6,10,16H,3-4,7-8H2,1-2H3. The Balaban J connectivity index is 2.46. The monoisotopic (exact) mass is 379 g/mol. The van der Waals surface area contributed by atoms with E-state index in [-0.39, 0.29) is 11.5 Å². The summed E-state index contributed by atoms with van der Waals surface area (Å²) < 4.78 is 27.7. The first-order valence-corrected chi connectivity index (χ1v) is 9.66. The van der Waals surface area contributed by atoms with E-state index in [4.69, 9.17) is 0 Å². The molecule has 4 nitrogen and oxygen atoms in total. The largest absolute Gasteiger partial charge is 0.392 e. The average Bonchev–Trinajstić information content (AvgIpc) is 2.41. The van der Waals surface area contributed by atoms with Crippen molar-refractivity contribution < 1.29 is 13.5 Å². The van der Waals surface area contributed by atoms with Crippen LogP contribution in [0.2, 0.25) is 0 Å². The lowest BCUT2D eigenvalue weighted by Gasteiger charge is -2.30. The second-order valence-electron chi connectivity index (χ2n) is 4.93. The summed E-state index contributed by atoms with van der Waals surface area (Å²) in [5, 5.41) is 9.57. The van der Waals surface area contributed by atoms with Gasteiger partial charge in [0.25, 0.3) is 0 Å². The number of hydrogen-bond donors (Lipinski definition) is 1. The number of benzene rings is 1. The minimum absolute atomic E-state index is 0.164. The lowest BCUT2D eigenvalue weighted by atomic mass is 10.1. The molecule has 0 aromatic heterocycles. The van der Waals surface area contributed by atoms with E-state index in [0.29, 0.717) is 28.4 Å². The van der Waals surface area contributed by atoms with Crippen LogP contribution in [0.4, 0.5) is 0 Å². The van der Waals surface area contributed by atoms with Crippen molar-refractivity contribution in [1.29, 1.82) is 0 Å². The molecule has 0 amide bonds. The van der Waals surface area contributed by atoms with Gasteiger partial charge < -0.3 is 5.11 Å². The summed E-state index contributed by atoms with van der Waals surface area (Å²) in [4.78, 5) is 0.251. The number of aliphatic hydroxyl groups excluding tert-OH is 1. The maximum Gasteiger partial charge on any atom is 0.244 e. The fraction of sp³-hybridized carbons (Fsp3) is 0.538. The van der Waals surface area contributed by atoms with Crippen LogP contribution in [-0.4, -0.2) is 41.9 Å². The van der Waals surface area contributed by atoms with Crippen molar-refractivity contribution in [2.75, 3.05) is 18.8 Å². The fourth-order valence-corrected chi connectivity index (χ4v) is 6.02. The third-order valence-electron chi connectivity index (χ3n) is 3.29. The Bertz CT molecular complexity index is 604. The van der Waals surface area contributed by atoms with E-state index < -0.39 is 10.0 Å². The molecule has 20 heavy (non-hydrogen) atoms.